The van der Waals surface area contributed by atoms with Crippen LogP contribution in [0.15, 0.2) is 0 Å². The zero-order chi connectivity index (χ0) is 20.8. The lowest BCUT2D eigenvalue weighted by Gasteiger charge is -2.61. The summed E-state index contributed by atoms with van der Waals surface area (Å²) in [5.74, 6) is 2.17. The summed E-state index contributed by atoms with van der Waals surface area (Å²) in [6.07, 6.45) is 7.60. The fraction of sp³-hybridized carbons (Fsp3) is 0.857. The standard InChI is InChI=1S/C21H32N6O3/c1-15-23-25-27(24-15)21-11-16-8-17(12-21)10-20(9-16,14-21)13-18(28)22-3-2-19(29)26-4-6-30-7-5-26/h16-17H,2-14H2,1H3,(H,22,28)/t16-,17-,20?,21?/m1/s1. The lowest BCUT2D eigenvalue weighted by molar-refractivity contribution is -0.139. The Kier molecular flexibility index (Phi) is 5.03. The molecule has 1 N–H and O–H groups in total. The number of hydrogen-bond donors (Lipinski definition) is 1. The van der Waals surface area contributed by atoms with Gasteiger partial charge in [0.25, 0.3) is 0 Å². The van der Waals surface area contributed by atoms with Crippen molar-refractivity contribution in [2.24, 2.45) is 17.3 Å². The number of nitrogens with zero attached hydrogens (tertiary/aromatic N) is 5. The van der Waals surface area contributed by atoms with Crippen LogP contribution in [0.5, 0.6) is 0 Å². The van der Waals surface area contributed by atoms with Gasteiger partial charge >= 0.3 is 0 Å². The summed E-state index contributed by atoms with van der Waals surface area (Å²) in [6.45, 7) is 4.79. The summed E-state index contributed by atoms with van der Waals surface area (Å²) >= 11 is 0. The van der Waals surface area contributed by atoms with Gasteiger partial charge in [0, 0.05) is 32.5 Å². The van der Waals surface area contributed by atoms with Crippen molar-refractivity contribution >= 4 is 11.8 Å². The highest BCUT2D eigenvalue weighted by Gasteiger charge is 2.59. The number of hydrogen-bond acceptors (Lipinski definition) is 6. The van der Waals surface area contributed by atoms with Crippen LogP contribution in [0, 0.1) is 24.2 Å². The molecule has 164 valence electrons. The van der Waals surface area contributed by atoms with Gasteiger partial charge in [-0.3, -0.25) is 9.59 Å². The van der Waals surface area contributed by atoms with E-state index in [0.717, 1.165) is 32.1 Å². The molecule has 4 aliphatic carbocycles. The zero-order valence-corrected chi connectivity index (χ0v) is 17.8. The van der Waals surface area contributed by atoms with Gasteiger partial charge in [0.2, 0.25) is 11.8 Å². The average molecular weight is 417 g/mol. The number of carbonyl (C=O) groups excluding carboxylic acids is 2. The lowest BCUT2D eigenvalue weighted by atomic mass is 9.46. The molecule has 1 aliphatic heterocycles. The van der Waals surface area contributed by atoms with Crippen molar-refractivity contribution in [1.82, 2.24) is 30.4 Å². The second kappa shape index (κ2) is 7.59. The normalized spacial score (nSPS) is 34.9. The van der Waals surface area contributed by atoms with Crippen LogP contribution in [0.4, 0.5) is 0 Å². The van der Waals surface area contributed by atoms with E-state index in [1.54, 1.807) is 0 Å². The Morgan fingerprint density at radius 3 is 2.57 bits per heavy atom. The molecule has 9 heteroatoms. The number of amides is 2. The zero-order valence-electron chi connectivity index (χ0n) is 17.8. The minimum Gasteiger partial charge on any atom is -0.378 e. The fourth-order valence-electron chi connectivity index (χ4n) is 7.01. The number of aromatic nitrogens is 4. The highest BCUT2D eigenvalue weighted by Crippen LogP contribution is 2.65. The van der Waals surface area contributed by atoms with Crippen molar-refractivity contribution in [3.63, 3.8) is 0 Å². The number of nitrogens with one attached hydrogen (secondary N) is 1. The van der Waals surface area contributed by atoms with Crippen LogP contribution in [0.25, 0.3) is 0 Å². The third kappa shape index (κ3) is 3.72. The minimum atomic E-state index is -0.0715. The topological polar surface area (TPSA) is 102 Å². The molecule has 9 nitrogen and oxygen atoms in total. The second-order valence-electron chi connectivity index (χ2n) is 10.1. The van der Waals surface area contributed by atoms with E-state index in [9.17, 15) is 9.59 Å². The Morgan fingerprint density at radius 1 is 1.17 bits per heavy atom. The molecule has 0 aromatic carbocycles. The molecular formula is C21H32N6O3. The number of aryl methyl sites for hydroxylation is 1. The van der Waals surface area contributed by atoms with E-state index < -0.39 is 0 Å². The van der Waals surface area contributed by atoms with Crippen molar-refractivity contribution in [3.8, 4) is 0 Å². The highest BCUT2D eigenvalue weighted by atomic mass is 16.5. The molecule has 0 unspecified atom stereocenters. The van der Waals surface area contributed by atoms with Crippen LogP contribution in [0.2, 0.25) is 0 Å². The maximum absolute atomic E-state index is 12.8. The molecule has 6 rings (SSSR count). The van der Waals surface area contributed by atoms with Gasteiger partial charge in [-0.05, 0) is 67.9 Å². The van der Waals surface area contributed by atoms with Crippen molar-refractivity contribution in [3.05, 3.63) is 5.82 Å². The summed E-state index contributed by atoms with van der Waals surface area (Å²) in [5.41, 5.74) is -0.0398. The van der Waals surface area contributed by atoms with Crippen LogP contribution in [0.3, 0.4) is 0 Å². The highest BCUT2D eigenvalue weighted by molar-refractivity contribution is 5.79. The van der Waals surface area contributed by atoms with Gasteiger partial charge < -0.3 is 15.0 Å². The molecule has 0 radical (unpaired) electrons. The SMILES string of the molecule is Cc1nnn(C23C[C@@H]4C[C@H](CC(CC(=O)NCCC(=O)N5CCOCC5)(C4)C2)C3)n1. The molecule has 2 heterocycles. The summed E-state index contributed by atoms with van der Waals surface area (Å²) < 4.78 is 5.29. The Bertz CT molecular complexity index is 803. The maximum Gasteiger partial charge on any atom is 0.224 e. The van der Waals surface area contributed by atoms with Crippen LogP contribution in [-0.4, -0.2) is 69.8 Å². The van der Waals surface area contributed by atoms with E-state index in [2.05, 4.69) is 20.7 Å². The van der Waals surface area contributed by atoms with Crippen molar-refractivity contribution in [2.45, 2.75) is 63.8 Å². The Hall–Kier alpha value is -2.03. The largest absolute Gasteiger partial charge is 0.378 e. The van der Waals surface area contributed by atoms with Crippen molar-refractivity contribution in [2.75, 3.05) is 32.8 Å². The smallest absolute Gasteiger partial charge is 0.224 e. The van der Waals surface area contributed by atoms with E-state index >= 15 is 0 Å². The van der Waals surface area contributed by atoms with Crippen molar-refractivity contribution in [1.29, 1.82) is 0 Å². The number of ether oxygens (including phenoxy) is 1. The number of rotatable bonds is 6. The Labute approximate surface area is 176 Å². The average Bonchev–Trinajstić information content (AvgIpc) is 3.14. The predicted octanol–water partition coefficient (Wildman–Crippen LogP) is 1.03. The third-order valence-corrected chi connectivity index (χ3v) is 7.65. The molecule has 1 saturated heterocycles. The monoisotopic (exact) mass is 416 g/mol. The lowest BCUT2D eigenvalue weighted by Crippen LogP contribution is -2.58. The molecule has 30 heavy (non-hydrogen) atoms. The van der Waals surface area contributed by atoms with Crippen molar-refractivity contribution < 1.29 is 14.3 Å². The maximum atomic E-state index is 12.8. The summed E-state index contributed by atoms with van der Waals surface area (Å²) in [4.78, 5) is 28.8. The molecule has 4 saturated carbocycles. The first-order chi connectivity index (χ1) is 14.5. The third-order valence-electron chi connectivity index (χ3n) is 7.65. The van der Waals surface area contributed by atoms with E-state index in [-0.39, 0.29) is 22.8 Å². The molecule has 1 aromatic rings. The van der Waals surface area contributed by atoms with Crippen LogP contribution in [0.1, 0.15) is 57.2 Å². The first-order valence-electron chi connectivity index (χ1n) is 11.3. The quantitative estimate of drug-likeness (QED) is 0.743. The van der Waals surface area contributed by atoms with E-state index in [4.69, 9.17) is 4.74 Å². The summed E-state index contributed by atoms with van der Waals surface area (Å²) in [5, 5.41) is 16.0. The molecule has 5 aliphatic rings. The first kappa shape index (κ1) is 19.9. The summed E-state index contributed by atoms with van der Waals surface area (Å²) in [6, 6.07) is 0. The second-order valence-corrected chi connectivity index (χ2v) is 10.1. The summed E-state index contributed by atoms with van der Waals surface area (Å²) in [7, 11) is 0. The van der Waals surface area contributed by atoms with Crippen LogP contribution < -0.4 is 5.32 Å². The van der Waals surface area contributed by atoms with Gasteiger partial charge in [0.05, 0.1) is 18.8 Å². The molecule has 1 aromatic heterocycles. The van der Waals surface area contributed by atoms with Crippen LogP contribution in [-0.2, 0) is 19.9 Å². The van der Waals surface area contributed by atoms with Gasteiger partial charge in [0.1, 0.15) is 0 Å². The van der Waals surface area contributed by atoms with E-state index in [0.29, 0.717) is 63.3 Å². The predicted molar refractivity (Wildman–Crippen MR) is 107 cm³/mol. The van der Waals surface area contributed by atoms with Gasteiger partial charge in [0.15, 0.2) is 5.82 Å². The number of tetrazole rings is 1. The van der Waals surface area contributed by atoms with E-state index in [1.807, 2.05) is 16.6 Å². The Balaban J connectivity index is 1.19. The van der Waals surface area contributed by atoms with Crippen LogP contribution >= 0.6 is 0 Å². The number of morpholine rings is 1. The van der Waals surface area contributed by atoms with E-state index in [1.165, 1.54) is 6.42 Å². The molecule has 2 atom stereocenters. The van der Waals surface area contributed by atoms with Gasteiger partial charge in [-0.1, -0.05) is 0 Å². The molecule has 5 fully saturated rings. The Morgan fingerprint density at radius 2 is 1.90 bits per heavy atom. The molecule has 4 bridgehead atoms. The fourth-order valence-corrected chi connectivity index (χ4v) is 7.01. The molecular weight excluding hydrogens is 384 g/mol. The van der Waals surface area contributed by atoms with Gasteiger partial charge in [-0.25, -0.2) is 0 Å². The minimum absolute atomic E-state index is 0.0317. The van der Waals surface area contributed by atoms with Gasteiger partial charge in [-0.2, -0.15) is 4.80 Å². The number of carbonyl (C=O) groups is 2. The first-order valence-corrected chi connectivity index (χ1v) is 11.3. The molecule has 2 amide bonds. The molecule has 0 spiro atoms. The van der Waals surface area contributed by atoms with Gasteiger partial charge in [-0.15, -0.1) is 10.2 Å².